The summed E-state index contributed by atoms with van der Waals surface area (Å²) in [5.41, 5.74) is 0.807. The van der Waals surface area contributed by atoms with Gasteiger partial charge in [0.1, 0.15) is 8.11 Å². The van der Waals surface area contributed by atoms with Gasteiger partial charge in [0.2, 0.25) is 0 Å². The van der Waals surface area contributed by atoms with Gasteiger partial charge < -0.3 is 5.32 Å². The lowest BCUT2D eigenvalue weighted by Crippen LogP contribution is -2.12. The van der Waals surface area contributed by atoms with E-state index in [0.29, 0.717) is 0 Å². The Morgan fingerprint density at radius 3 is 2.58 bits per heavy atom. The third-order valence-corrected chi connectivity index (χ3v) is 7.03. The topological polar surface area (TPSA) is 12.0 Å². The number of nitrogens with one attached hydrogen (secondary N) is 1. The highest BCUT2D eigenvalue weighted by Gasteiger charge is 2.13. The van der Waals surface area contributed by atoms with E-state index in [1.54, 1.807) is 0 Å². The first-order valence-electron chi connectivity index (χ1n) is 5.01. The lowest BCUT2D eigenvalue weighted by atomic mass is 10.3. The number of hydrogen-bond acceptors (Lipinski definition) is 1. The number of halogens is 1. The van der Waals surface area contributed by atoms with E-state index in [9.17, 15) is 0 Å². The molecule has 0 aromatic heterocycles. The van der Waals surface area contributed by atoms with Crippen LogP contribution in [-0.4, -0.2) is 21.7 Å². The van der Waals surface area contributed by atoms with E-state index < -0.39 is 8.11 Å². The fourth-order valence-corrected chi connectivity index (χ4v) is 3.94. The largest absolute Gasteiger partial charge is 0.320 e. The van der Waals surface area contributed by atoms with Crippen LogP contribution in [0.3, 0.4) is 0 Å². The van der Waals surface area contributed by atoms with Crippen LogP contribution in [0, 0.1) is 0 Å². The molecule has 1 nitrogen and oxygen atoms in total. The van der Waals surface area contributed by atoms with Gasteiger partial charge in [0, 0.05) is 0 Å². The number of unbranched alkanes of at least 4 members (excludes halogenated alkanes) is 1. The molecule has 12 heavy (non-hydrogen) atoms. The molecule has 0 saturated heterocycles. The summed E-state index contributed by atoms with van der Waals surface area (Å²) < 4.78 is 0. The highest BCUT2D eigenvalue weighted by Crippen LogP contribution is 2.21. The van der Waals surface area contributed by atoms with E-state index in [0.717, 1.165) is 12.1 Å². The second-order valence-electron chi connectivity index (χ2n) is 3.50. The Morgan fingerprint density at radius 2 is 2.08 bits per heavy atom. The van der Waals surface area contributed by atoms with Crippen LogP contribution in [0.2, 0.25) is 11.6 Å². The SMILES string of the molecule is CCC(C)[SiH](Cl)CCCCNC. The highest BCUT2D eigenvalue weighted by molar-refractivity contribution is 7.07. The minimum atomic E-state index is -0.894. The third kappa shape index (κ3) is 6.04. The molecule has 0 amide bonds. The summed E-state index contributed by atoms with van der Waals surface area (Å²) >= 11 is 6.33. The number of hydrogen-bond donors (Lipinski definition) is 1. The molecule has 0 aliphatic heterocycles. The minimum Gasteiger partial charge on any atom is -0.320 e. The van der Waals surface area contributed by atoms with Crippen molar-refractivity contribution in [3.05, 3.63) is 0 Å². The Morgan fingerprint density at radius 1 is 1.42 bits per heavy atom. The van der Waals surface area contributed by atoms with Gasteiger partial charge in [-0.05, 0) is 31.6 Å². The Balaban J connectivity index is 3.24. The first kappa shape index (κ1) is 12.5. The Bertz CT molecular complexity index is 101. The van der Waals surface area contributed by atoms with E-state index in [2.05, 4.69) is 19.2 Å². The van der Waals surface area contributed by atoms with Gasteiger partial charge in [-0.1, -0.05) is 26.7 Å². The molecular weight excluding hydrogens is 186 g/mol. The van der Waals surface area contributed by atoms with Crippen LogP contribution in [0.25, 0.3) is 0 Å². The molecule has 0 aliphatic rings. The molecule has 0 spiro atoms. The third-order valence-electron chi connectivity index (χ3n) is 2.42. The van der Waals surface area contributed by atoms with Crippen molar-refractivity contribution < 1.29 is 0 Å². The normalized spacial score (nSPS) is 16.0. The van der Waals surface area contributed by atoms with Gasteiger partial charge in [0.25, 0.3) is 0 Å². The van der Waals surface area contributed by atoms with Crippen LogP contribution in [0.4, 0.5) is 0 Å². The smallest absolute Gasteiger partial charge is 0.143 e. The first-order chi connectivity index (χ1) is 5.72. The maximum absolute atomic E-state index is 6.33. The van der Waals surface area contributed by atoms with Crippen molar-refractivity contribution in [1.29, 1.82) is 0 Å². The lowest BCUT2D eigenvalue weighted by molar-refractivity contribution is 0.704. The fourth-order valence-electron chi connectivity index (χ4n) is 1.18. The van der Waals surface area contributed by atoms with Gasteiger partial charge in [-0.25, -0.2) is 0 Å². The van der Waals surface area contributed by atoms with Gasteiger partial charge in [-0.2, -0.15) is 11.1 Å². The van der Waals surface area contributed by atoms with Crippen LogP contribution >= 0.6 is 11.1 Å². The summed E-state index contributed by atoms with van der Waals surface area (Å²) in [6.07, 6.45) is 3.85. The van der Waals surface area contributed by atoms with Crippen molar-refractivity contribution in [3.63, 3.8) is 0 Å². The van der Waals surface area contributed by atoms with Crippen LogP contribution in [0.1, 0.15) is 33.1 Å². The van der Waals surface area contributed by atoms with Crippen molar-refractivity contribution in [2.24, 2.45) is 0 Å². The first-order valence-corrected chi connectivity index (χ1v) is 8.23. The molecule has 0 aromatic carbocycles. The van der Waals surface area contributed by atoms with Gasteiger partial charge in [0.15, 0.2) is 0 Å². The summed E-state index contributed by atoms with van der Waals surface area (Å²) in [4.78, 5) is 0. The molecule has 1 N–H and O–H groups in total. The molecule has 74 valence electrons. The summed E-state index contributed by atoms with van der Waals surface area (Å²) in [5.74, 6) is 0. The van der Waals surface area contributed by atoms with E-state index in [1.807, 2.05) is 7.05 Å². The monoisotopic (exact) mass is 207 g/mol. The van der Waals surface area contributed by atoms with Crippen molar-refractivity contribution in [1.82, 2.24) is 5.32 Å². The van der Waals surface area contributed by atoms with Crippen LogP contribution in [0.15, 0.2) is 0 Å². The van der Waals surface area contributed by atoms with Gasteiger partial charge in [0.05, 0.1) is 0 Å². The molecule has 0 aromatic rings. The summed E-state index contributed by atoms with van der Waals surface area (Å²) in [6.45, 7) is 5.67. The maximum Gasteiger partial charge on any atom is 0.143 e. The average molecular weight is 208 g/mol. The lowest BCUT2D eigenvalue weighted by Gasteiger charge is -2.13. The Hall–Kier alpha value is 0.467. The molecule has 0 fully saturated rings. The average Bonchev–Trinajstić information content (AvgIpc) is 2.10. The predicted molar refractivity (Wildman–Crippen MR) is 60.7 cm³/mol. The molecule has 3 heteroatoms. The number of rotatable bonds is 7. The predicted octanol–water partition coefficient (Wildman–Crippen LogP) is 2.75. The molecule has 0 heterocycles. The summed E-state index contributed by atoms with van der Waals surface area (Å²) in [6, 6.07) is 1.30. The highest BCUT2D eigenvalue weighted by atomic mass is 35.6. The summed E-state index contributed by atoms with van der Waals surface area (Å²) in [5, 5.41) is 3.16. The van der Waals surface area contributed by atoms with Crippen LogP contribution in [-0.2, 0) is 0 Å². The standard InChI is InChI=1S/C9H22ClNSi/c1-4-9(2)12(10)8-6-5-7-11-3/h9,11-12H,4-8H2,1-3H3. The van der Waals surface area contributed by atoms with E-state index in [4.69, 9.17) is 11.1 Å². The maximum atomic E-state index is 6.33. The molecule has 0 radical (unpaired) electrons. The fraction of sp³-hybridized carbons (Fsp3) is 1.00. The van der Waals surface area contributed by atoms with Crippen LogP contribution < -0.4 is 5.32 Å². The zero-order valence-electron chi connectivity index (χ0n) is 8.57. The molecule has 0 aliphatic carbocycles. The van der Waals surface area contributed by atoms with E-state index >= 15 is 0 Å². The van der Waals surface area contributed by atoms with Crippen LogP contribution in [0.5, 0.6) is 0 Å². The Labute approximate surface area is 83.2 Å². The van der Waals surface area contributed by atoms with Gasteiger partial charge >= 0.3 is 0 Å². The molecule has 0 saturated carbocycles. The molecule has 2 unspecified atom stereocenters. The van der Waals surface area contributed by atoms with E-state index in [-0.39, 0.29) is 0 Å². The Kier molecular flexibility index (Phi) is 8.40. The molecule has 0 bridgehead atoms. The van der Waals surface area contributed by atoms with E-state index in [1.165, 1.54) is 25.3 Å². The van der Waals surface area contributed by atoms with Crippen molar-refractivity contribution >= 4 is 19.2 Å². The van der Waals surface area contributed by atoms with Crippen molar-refractivity contribution in [3.8, 4) is 0 Å². The zero-order chi connectivity index (χ0) is 9.40. The minimum absolute atomic E-state index is 0.807. The quantitative estimate of drug-likeness (QED) is 0.385. The second-order valence-corrected chi connectivity index (χ2v) is 7.93. The summed E-state index contributed by atoms with van der Waals surface area (Å²) in [7, 11) is 1.11. The van der Waals surface area contributed by atoms with Gasteiger partial charge in [-0.15, -0.1) is 0 Å². The molecule has 0 rings (SSSR count). The molecular formula is C9H22ClNSi. The van der Waals surface area contributed by atoms with Gasteiger partial charge in [-0.3, -0.25) is 0 Å². The molecule has 2 atom stereocenters. The van der Waals surface area contributed by atoms with Crippen molar-refractivity contribution in [2.45, 2.75) is 44.7 Å². The zero-order valence-corrected chi connectivity index (χ0v) is 10.5. The van der Waals surface area contributed by atoms with Crippen molar-refractivity contribution in [2.75, 3.05) is 13.6 Å². The second kappa shape index (κ2) is 8.08.